The monoisotopic (exact) mass is 368 g/mol. The normalized spacial score (nSPS) is 10.6. The first-order chi connectivity index (χ1) is 10.0. The molecule has 2 rings (SSSR count). The van der Waals surface area contributed by atoms with Gasteiger partial charge in [0.1, 0.15) is 0 Å². The SMILES string of the molecule is CCCn1ccnc(Sc2cc(Br)ccc2C(=O)O)c1=O. The maximum absolute atomic E-state index is 12.2. The first kappa shape index (κ1) is 15.8. The van der Waals surface area contributed by atoms with Gasteiger partial charge in [0.2, 0.25) is 0 Å². The average Bonchev–Trinajstić information content (AvgIpc) is 2.43. The lowest BCUT2D eigenvalue weighted by atomic mass is 10.2. The number of carboxylic acids is 1. The number of carboxylic acid groups (broad SMARTS) is 1. The molecule has 0 saturated heterocycles. The van der Waals surface area contributed by atoms with Gasteiger partial charge in [0.05, 0.1) is 5.56 Å². The predicted molar refractivity (Wildman–Crippen MR) is 84.0 cm³/mol. The first-order valence-corrected chi connectivity index (χ1v) is 7.90. The topological polar surface area (TPSA) is 72.2 Å². The van der Waals surface area contributed by atoms with Crippen LogP contribution in [0.2, 0.25) is 0 Å². The standard InChI is InChI=1S/C14H13BrN2O3S/c1-2-6-17-7-5-16-12(13(17)18)21-11-8-9(15)3-4-10(11)14(19)20/h3-5,7-8H,2,6H2,1H3,(H,19,20). The molecule has 110 valence electrons. The maximum Gasteiger partial charge on any atom is 0.336 e. The van der Waals surface area contributed by atoms with Gasteiger partial charge in [0, 0.05) is 28.3 Å². The van der Waals surface area contributed by atoms with E-state index in [1.807, 2.05) is 6.92 Å². The molecule has 7 heteroatoms. The second kappa shape index (κ2) is 6.91. The third kappa shape index (κ3) is 3.74. The van der Waals surface area contributed by atoms with E-state index in [4.69, 9.17) is 0 Å². The minimum atomic E-state index is -1.03. The van der Waals surface area contributed by atoms with Crippen LogP contribution in [0.4, 0.5) is 0 Å². The van der Waals surface area contributed by atoms with Gasteiger partial charge in [-0.2, -0.15) is 0 Å². The number of halogens is 1. The van der Waals surface area contributed by atoms with Crippen LogP contribution in [0.1, 0.15) is 23.7 Å². The molecule has 0 saturated carbocycles. The smallest absolute Gasteiger partial charge is 0.336 e. The summed E-state index contributed by atoms with van der Waals surface area (Å²) in [5.41, 5.74) is -0.0593. The molecule has 0 amide bonds. The van der Waals surface area contributed by atoms with Crippen LogP contribution >= 0.6 is 27.7 Å². The van der Waals surface area contributed by atoms with Crippen LogP contribution in [0.25, 0.3) is 0 Å². The Morgan fingerprint density at radius 2 is 2.24 bits per heavy atom. The van der Waals surface area contributed by atoms with E-state index in [9.17, 15) is 14.7 Å². The molecule has 0 spiro atoms. The first-order valence-electron chi connectivity index (χ1n) is 6.29. The summed E-state index contributed by atoms with van der Waals surface area (Å²) >= 11 is 4.37. The Kier molecular flexibility index (Phi) is 5.19. The lowest BCUT2D eigenvalue weighted by Gasteiger charge is -2.08. The minimum Gasteiger partial charge on any atom is -0.478 e. The van der Waals surface area contributed by atoms with Crippen molar-refractivity contribution in [2.75, 3.05) is 0 Å². The zero-order chi connectivity index (χ0) is 15.4. The van der Waals surface area contributed by atoms with Gasteiger partial charge in [-0.25, -0.2) is 9.78 Å². The number of hydrogen-bond donors (Lipinski definition) is 1. The number of aromatic nitrogens is 2. The highest BCUT2D eigenvalue weighted by Gasteiger charge is 2.14. The van der Waals surface area contributed by atoms with Gasteiger partial charge in [0.25, 0.3) is 5.56 Å². The van der Waals surface area contributed by atoms with Crippen LogP contribution in [0.3, 0.4) is 0 Å². The van der Waals surface area contributed by atoms with E-state index in [0.29, 0.717) is 11.4 Å². The Balaban J connectivity index is 2.43. The lowest BCUT2D eigenvalue weighted by molar-refractivity contribution is 0.0693. The van der Waals surface area contributed by atoms with E-state index in [1.165, 1.54) is 6.07 Å². The van der Waals surface area contributed by atoms with E-state index in [1.54, 1.807) is 29.1 Å². The number of nitrogens with zero attached hydrogens (tertiary/aromatic N) is 2. The van der Waals surface area contributed by atoms with Crippen molar-refractivity contribution in [2.24, 2.45) is 0 Å². The van der Waals surface area contributed by atoms with Crippen LogP contribution in [0.15, 0.2) is 49.8 Å². The molecule has 0 aliphatic rings. The third-order valence-electron chi connectivity index (χ3n) is 2.73. The highest BCUT2D eigenvalue weighted by molar-refractivity contribution is 9.10. The fourth-order valence-electron chi connectivity index (χ4n) is 1.78. The summed E-state index contributed by atoms with van der Waals surface area (Å²) in [6.45, 7) is 2.59. The number of hydrogen-bond acceptors (Lipinski definition) is 4. The molecule has 0 bridgehead atoms. The molecular formula is C14H13BrN2O3S. The van der Waals surface area contributed by atoms with Crippen molar-refractivity contribution in [1.82, 2.24) is 9.55 Å². The molecule has 0 unspecified atom stereocenters. The molecule has 0 atom stereocenters. The molecular weight excluding hydrogens is 356 g/mol. The van der Waals surface area contributed by atoms with E-state index in [-0.39, 0.29) is 16.1 Å². The Morgan fingerprint density at radius 1 is 1.48 bits per heavy atom. The Morgan fingerprint density at radius 3 is 2.90 bits per heavy atom. The number of carbonyl (C=O) groups is 1. The molecule has 0 radical (unpaired) electrons. The molecule has 1 heterocycles. The summed E-state index contributed by atoms with van der Waals surface area (Å²) in [7, 11) is 0. The zero-order valence-corrected chi connectivity index (χ0v) is 13.6. The molecule has 5 nitrogen and oxygen atoms in total. The van der Waals surface area contributed by atoms with Crippen molar-refractivity contribution in [1.29, 1.82) is 0 Å². The van der Waals surface area contributed by atoms with Gasteiger partial charge in [-0.05, 0) is 24.6 Å². The van der Waals surface area contributed by atoms with Gasteiger partial charge in [-0.1, -0.05) is 34.6 Å². The molecule has 0 aliphatic heterocycles. The molecule has 1 N–H and O–H groups in total. The number of benzene rings is 1. The Bertz CT molecular complexity index is 730. The predicted octanol–water partition coefficient (Wildman–Crippen LogP) is 3.27. The van der Waals surface area contributed by atoms with Crippen LogP contribution < -0.4 is 5.56 Å². The number of rotatable bonds is 5. The number of aromatic carboxylic acids is 1. The minimum absolute atomic E-state index is 0.148. The van der Waals surface area contributed by atoms with Gasteiger partial charge in [-0.15, -0.1) is 0 Å². The quantitative estimate of drug-likeness (QED) is 0.876. The van der Waals surface area contributed by atoms with Gasteiger partial charge in [-0.3, -0.25) is 4.79 Å². The van der Waals surface area contributed by atoms with Crippen LogP contribution in [-0.2, 0) is 6.54 Å². The second-order valence-electron chi connectivity index (χ2n) is 4.28. The van der Waals surface area contributed by atoms with Crippen LogP contribution in [0, 0.1) is 0 Å². The third-order valence-corrected chi connectivity index (χ3v) is 4.25. The lowest BCUT2D eigenvalue weighted by Crippen LogP contribution is -2.21. The molecule has 2 aromatic rings. The van der Waals surface area contributed by atoms with Crippen molar-refractivity contribution in [3.05, 3.63) is 51.0 Å². The molecule has 21 heavy (non-hydrogen) atoms. The van der Waals surface area contributed by atoms with Crippen molar-refractivity contribution < 1.29 is 9.90 Å². The van der Waals surface area contributed by atoms with E-state index in [2.05, 4.69) is 20.9 Å². The molecule has 0 aliphatic carbocycles. The van der Waals surface area contributed by atoms with E-state index >= 15 is 0 Å². The zero-order valence-electron chi connectivity index (χ0n) is 11.2. The Labute approximate surface area is 134 Å². The van der Waals surface area contributed by atoms with Crippen molar-refractivity contribution >= 4 is 33.7 Å². The summed E-state index contributed by atoms with van der Waals surface area (Å²) in [5.74, 6) is -1.03. The summed E-state index contributed by atoms with van der Waals surface area (Å²) in [6.07, 6.45) is 4.03. The van der Waals surface area contributed by atoms with Gasteiger partial charge >= 0.3 is 5.97 Å². The van der Waals surface area contributed by atoms with Gasteiger partial charge < -0.3 is 9.67 Å². The summed E-state index contributed by atoms with van der Waals surface area (Å²) < 4.78 is 2.33. The molecule has 1 aromatic heterocycles. The summed E-state index contributed by atoms with van der Waals surface area (Å²) in [5, 5.41) is 9.48. The number of aryl methyl sites for hydroxylation is 1. The van der Waals surface area contributed by atoms with E-state index < -0.39 is 5.97 Å². The van der Waals surface area contributed by atoms with Crippen LogP contribution in [-0.4, -0.2) is 20.6 Å². The highest BCUT2D eigenvalue weighted by atomic mass is 79.9. The van der Waals surface area contributed by atoms with Crippen molar-refractivity contribution in [3.8, 4) is 0 Å². The summed E-state index contributed by atoms with van der Waals surface area (Å²) in [4.78, 5) is 28.0. The summed E-state index contributed by atoms with van der Waals surface area (Å²) in [6, 6.07) is 4.83. The highest BCUT2D eigenvalue weighted by Crippen LogP contribution is 2.30. The largest absolute Gasteiger partial charge is 0.478 e. The van der Waals surface area contributed by atoms with Gasteiger partial charge in [0.15, 0.2) is 5.03 Å². The average molecular weight is 369 g/mol. The van der Waals surface area contributed by atoms with Crippen molar-refractivity contribution in [3.63, 3.8) is 0 Å². The fourth-order valence-corrected chi connectivity index (χ4v) is 3.27. The van der Waals surface area contributed by atoms with E-state index in [0.717, 1.165) is 22.7 Å². The maximum atomic E-state index is 12.2. The second-order valence-corrected chi connectivity index (χ2v) is 6.22. The fraction of sp³-hybridized carbons (Fsp3) is 0.214. The Hall–Kier alpha value is -1.60. The molecule has 0 fully saturated rings. The van der Waals surface area contributed by atoms with Crippen LogP contribution in [0.5, 0.6) is 0 Å². The molecule has 1 aromatic carbocycles. The van der Waals surface area contributed by atoms with Crippen molar-refractivity contribution in [2.45, 2.75) is 29.8 Å².